The van der Waals surface area contributed by atoms with E-state index in [1.807, 2.05) is 97.9 Å². The Bertz CT molecular complexity index is 1100. The van der Waals surface area contributed by atoms with Crippen LogP contribution in [0.4, 0.5) is 11.4 Å². The summed E-state index contributed by atoms with van der Waals surface area (Å²) in [7, 11) is 0. The van der Waals surface area contributed by atoms with Crippen LogP contribution in [0.1, 0.15) is 25.3 Å². The van der Waals surface area contributed by atoms with E-state index in [-0.39, 0.29) is 17.7 Å². The molecule has 1 aliphatic heterocycles. The highest BCUT2D eigenvalue weighted by atomic mass is 16.2. The zero-order valence-electron chi connectivity index (χ0n) is 17.4. The van der Waals surface area contributed by atoms with E-state index in [1.165, 1.54) is 11.9 Å². The predicted octanol–water partition coefficient (Wildman–Crippen LogP) is 4.14. The smallest absolute Gasteiger partial charge is 0.300 e. The second-order valence-corrected chi connectivity index (χ2v) is 7.49. The summed E-state index contributed by atoms with van der Waals surface area (Å²) >= 11 is 0. The van der Waals surface area contributed by atoms with Gasteiger partial charge in [-0.15, -0.1) is 0 Å². The van der Waals surface area contributed by atoms with Crippen molar-refractivity contribution in [3.63, 3.8) is 0 Å². The molecule has 1 heterocycles. The summed E-state index contributed by atoms with van der Waals surface area (Å²) < 4.78 is 0. The van der Waals surface area contributed by atoms with Crippen molar-refractivity contribution in [3.8, 4) is 0 Å². The summed E-state index contributed by atoms with van der Waals surface area (Å²) in [6, 6.07) is 28.4. The van der Waals surface area contributed by atoms with Crippen molar-refractivity contribution in [1.82, 2.24) is 5.32 Å². The number of carbonyl (C=O) groups is 2. The van der Waals surface area contributed by atoms with Gasteiger partial charge >= 0.3 is 0 Å². The molecular weight excluding hydrogens is 388 g/mol. The van der Waals surface area contributed by atoms with Gasteiger partial charge in [0.1, 0.15) is 5.71 Å². The van der Waals surface area contributed by atoms with Gasteiger partial charge in [-0.2, -0.15) is 10.1 Å². The van der Waals surface area contributed by atoms with Gasteiger partial charge in [-0.05, 0) is 29.8 Å². The first kappa shape index (κ1) is 20.3. The van der Waals surface area contributed by atoms with E-state index in [2.05, 4.69) is 10.6 Å². The molecule has 3 aromatic rings. The molecule has 31 heavy (non-hydrogen) atoms. The Morgan fingerprint density at radius 2 is 1.45 bits per heavy atom. The van der Waals surface area contributed by atoms with Gasteiger partial charge in [-0.25, -0.2) is 0 Å². The summed E-state index contributed by atoms with van der Waals surface area (Å²) in [6.45, 7) is 3.39. The second-order valence-electron chi connectivity index (χ2n) is 7.49. The van der Waals surface area contributed by atoms with Gasteiger partial charge in [-0.1, -0.05) is 73.7 Å². The lowest BCUT2D eigenvalue weighted by atomic mass is 9.87. The number of para-hydroxylation sites is 2. The fourth-order valence-electron chi connectivity index (χ4n) is 3.82. The van der Waals surface area contributed by atoms with Gasteiger partial charge in [0.15, 0.2) is 0 Å². The van der Waals surface area contributed by atoms with Gasteiger partial charge in [-0.3, -0.25) is 9.59 Å². The lowest BCUT2D eigenvalue weighted by molar-refractivity contribution is -0.127. The predicted molar refractivity (Wildman–Crippen MR) is 123 cm³/mol. The van der Waals surface area contributed by atoms with Gasteiger partial charge in [0.05, 0.1) is 5.69 Å². The number of carbonyl (C=O) groups excluding carboxylic acids is 2. The molecular formula is C25H24N4O2. The van der Waals surface area contributed by atoms with E-state index >= 15 is 0 Å². The molecule has 0 saturated carbocycles. The third-order valence-electron chi connectivity index (χ3n) is 5.28. The number of hydrogen-bond acceptors (Lipinski definition) is 4. The van der Waals surface area contributed by atoms with Crippen LogP contribution in [0.3, 0.4) is 0 Å². The molecule has 2 amide bonds. The van der Waals surface area contributed by atoms with Crippen LogP contribution in [-0.4, -0.2) is 23.2 Å². The molecule has 1 aliphatic rings. The van der Waals surface area contributed by atoms with Crippen molar-refractivity contribution in [2.24, 2.45) is 5.10 Å². The highest BCUT2D eigenvalue weighted by molar-refractivity contribution is 6.27. The number of amides is 2. The van der Waals surface area contributed by atoms with E-state index in [9.17, 15) is 9.59 Å². The Morgan fingerprint density at radius 1 is 0.903 bits per heavy atom. The van der Waals surface area contributed by atoms with Crippen LogP contribution >= 0.6 is 0 Å². The van der Waals surface area contributed by atoms with Gasteiger partial charge < -0.3 is 10.6 Å². The molecule has 2 unspecified atom stereocenters. The van der Waals surface area contributed by atoms with Crippen LogP contribution in [0.2, 0.25) is 0 Å². The van der Waals surface area contributed by atoms with Crippen molar-refractivity contribution in [2.45, 2.75) is 25.4 Å². The molecule has 156 valence electrons. The first-order valence-electron chi connectivity index (χ1n) is 10.2. The van der Waals surface area contributed by atoms with Crippen molar-refractivity contribution in [2.75, 3.05) is 10.3 Å². The minimum atomic E-state index is -1.52. The Morgan fingerprint density at radius 3 is 2.03 bits per heavy atom. The van der Waals surface area contributed by atoms with Crippen molar-refractivity contribution >= 4 is 28.9 Å². The average molecular weight is 412 g/mol. The van der Waals surface area contributed by atoms with Crippen LogP contribution in [0.25, 0.3) is 0 Å². The molecule has 0 saturated heterocycles. The largest absolute Gasteiger partial charge is 0.350 e. The summed E-state index contributed by atoms with van der Waals surface area (Å²) in [6.07, 6.45) is 0. The van der Waals surface area contributed by atoms with E-state index in [0.29, 0.717) is 17.1 Å². The van der Waals surface area contributed by atoms with E-state index < -0.39 is 5.66 Å². The normalized spacial score (nSPS) is 19.0. The molecule has 0 aliphatic carbocycles. The lowest BCUT2D eigenvalue weighted by Gasteiger charge is -2.33. The van der Waals surface area contributed by atoms with Crippen molar-refractivity contribution < 1.29 is 9.59 Å². The Balaban J connectivity index is 1.87. The highest BCUT2D eigenvalue weighted by Gasteiger charge is 2.54. The fraction of sp³-hybridized carbons (Fsp3) is 0.160. The summed E-state index contributed by atoms with van der Waals surface area (Å²) in [5, 5.41) is 12.3. The molecule has 4 rings (SSSR count). The minimum Gasteiger partial charge on any atom is -0.350 e. The molecule has 0 radical (unpaired) electrons. The summed E-state index contributed by atoms with van der Waals surface area (Å²) in [5.74, 6) is -0.933. The van der Waals surface area contributed by atoms with Crippen molar-refractivity contribution in [1.29, 1.82) is 0 Å². The lowest BCUT2D eigenvalue weighted by Crippen LogP contribution is -2.65. The number of nitrogens with zero attached hydrogens (tertiary/aromatic N) is 2. The maximum atomic E-state index is 13.8. The van der Waals surface area contributed by atoms with E-state index in [1.54, 1.807) is 0 Å². The zero-order valence-corrected chi connectivity index (χ0v) is 17.4. The number of hydrazone groups is 1. The number of benzene rings is 3. The molecule has 3 aromatic carbocycles. The first-order valence-corrected chi connectivity index (χ1v) is 10.2. The number of nitrogens with one attached hydrogen (secondary N) is 2. The maximum Gasteiger partial charge on any atom is 0.300 e. The Hall–Kier alpha value is -3.93. The average Bonchev–Trinajstić information content (AvgIpc) is 3.06. The second kappa shape index (κ2) is 8.44. The Kier molecular flexibility index (Phi) is 5.54. The number of hydrogen-bond donors (Lipinski definition) is 2. The Labute approximate surface area is 181 Å². The number of rotatable bonds is 6. The third-order valence-corrected chi connectivity index (χ3v) is 5.28. The van der Waals surface area contributed by atoms with Crippen LogP contribution < -0.4 is 15.6 Å². The van der Waals surface area contributed by atoms with Gasteiger partial charge in [0.25, 0.3) is 5.91 Å². The quantitative estimate of drug-likeness (QED) is 0.598. The van der Waals surface area contributed by atoms with Gasteiger partial charge in [0.2, 0.25) is 11.6 Å². The molecule has 0 bridgehead atoms. The third kappa shape index (κ3) is 3.92. The molecule has 0 spiro atoms. The topological polar surface area (TPSA) is 73.8 Å². The number of anilines is 2. The van der Waals surface area contributed by atoms with Crippen LogP contribution in [0.5, 0.6) is 0 Å². The zero-order chi connectivity index (χ0) is 21.8. The first-order chi connectivity index (χ1) is 15.0. The molecule has 6 nitrogen and oxygen atoms in total. The van der Waals surface area contributed by atoms with E-state index in [0.717, 1.165) is 5.56 Å². The highest BCUT2D eigenvalue weighted by Crippen LogP contribution is 2.34. The molecule has 2 atom stereocenters. The minimum absolute atomic E-state index is 0.234. The molecule has 2 N–H and O–H groups in total. The molecule has 0 aromatic heterocycles. The van der Waals surface area contributed by atoms with E-state index in [4.69, 9.17) is 5.10 Å². The van der Waals surface area contributed by atoms with Crippen LogP contribution in [0, 0.1) is 0 Å². The molecule has 0 fully saturated rings. The molecule has 6 heteroatoms. The maximum absolute atomic E-state index is 13.8. The standard InChI is InChI=1S/C25H24N4O2/c1-18(20-12-6-3-7-13-20)23-25(26-19(2)30,27-21-14-8-4-9-15-21)24(31)29(28-23)22-16-10-5-11-17-22/h3-18,27H,1-2H3,(H,26,30). The summed E-state index contributed by atoms with van der Waals surface area (Å²) in [5.41, 5.74) is 1.33. The monoisotopic (exact) mass is 412 g/mol. The summed E-state index contributed by atoms with van der Waals surface area (Å²) in [4.78, 5) is 26.2. The van der Waals surface area contributed by atoms with Gasteiger partial charge in [0, 0.05) is 18.5 Å². The van der Waals surface area contributed by atoms with Crippen molar-refractivity contribution in [3.05, 3.63) is 96.6 Å². The SMILES string of the molecule is CC(=O)NC1(Nc2ccccc2)C(=O)N(c2ccccc2)N=C1C(C)c1ccccc1. The van der Waals surface area contributed by atoms with Crippen LogP contribution in [0.15, 0.2) is 96.1 Å². The fourth-order valence-corrected chi connectivity index (χ4v) is 3.82. The van der Waals surface area contributed by atoms with Crippen LogP contribution in [-0.2, 0) is 9.59 Å².